The molecule has 1 aromatic heterocycles. The zero-order valence-corrected chi connectivity index (χ0v) is 20.8. The molecule has 1 unspecified atom stereocenters. The molecule has 1 saturated heterocycles. The number of carbonyl (C=O) groups is 2. The van der Waals surface area contributed by atoms with E-state index in [2.05, 4.69) is 16.9 Å². The van der Waals surface area contributed by atoms with E-state index in [0.29, 0.717) is 31.2 Å². The maximum atomic E-state index is 13.4. The van der Waals surface area contributed by atoms with Crippen LogP contribution in [0, 0.1) is 0 Å². The molecule has 0 radical (unpaired) electrons. The third-order valence-corrected chi connectivity index (χ3v) is 7.65. The zero-order chi connectivity index (χ0) is 23.6. The van der Waals surface area contributed by atoms with Gasteiger partial charge in [-0.3, -0.25) is 14.6 Å². The van der Waals surface area contributed by atoms with E-state index in [1.807, 2.05) is 61.4 Å². The summed E-state index contributed by atoms with van der Waals surface area (Å²) in [6, 6.07) is 11.6. The minimum Gasteiger partial charge on any atom is -0.334 e. The van der Waals surface area contributed by atoms with E-state index in [9.17, 15) is 9.59 Å². The van der Waals surface area contributed by atoms with Gasteiger partial charge >= 0.3 is 0 Å². The summed E-state index contributed by atoms with van der Waals surface area (Å²) in [5, 5.41) is 0.685. The normalized spacial score (nSPS) is 20.4. The summed E-state index contributed by atoms with van der Waals surface area (Å²) in [4.78, 5) is 41.0. The van der Waals surface area contributed by atoms with Crippen LogP contribution in [0.4, 0.5) is 0 Å². The second-order valence-electron chi connectivity index (χ2n) is 9.05. The highest BCUT2D eigenvalue weighted by Gasteiger charge is 2.40. The molecule has 2 aromatic rings. The zero-order valence-electron chi connectivity index (χ0n) is 19.3. The minimum absolute atomic E-state index is 0.0362. The Bertz CT molecular complexity index is 1110. The van der Waals surface area contributed by atoms with E-state index < -0.39 is 5.54 Å². The summed E-state index contributed by atoms with van der Waals surface area (Å²) in [6.07, 6.45) is 3.50. The van der Waals surface area contributed by atoms with Crippen molar-refractivity contribution in [1.29, 1.82) is 0 Å². The molecule has 2 amide bonds. The first-order valence-electron chi connectivity index (χ1n) is 11.3. The van der Waals surface area contributed by atoms with E-state index in [4.69, 9.17) is 11.6 Å². The second-order valence-corrected chi connectivity index (χ2v) is 10.7. The topological polar surface area (TPSA) is 65.3 Å². The van der Waals surface area contributed by atoms with Crippen molar-refractivity contribution in [3.8, 4) is 0 Å². The summed E-state index contributed by atoms with van der Waals surface area (Å²) in [5.74, 6) is 0.158. The van der Waals surface area contributed by atoms with Crippen molar-refractivity contribution >= 4 is 46.8 Å². The number of halogens is 1. The van der Waals surface area contributed by atoms with Crippen molar-refractivity contribution in [3.63, 3.8) is 0 Å². The summed E-state index contributed by atoms with van der Waals surface area (Å²) < 4.78 is 0. The van der Waals surface area contributed by atoms with Gasteiger partial charge in [0.15, 0.2) is 0 Å². The molecule has 33 heavy (non-hydrogen) atoms. The van der Waals surface area contributed by atoms with Crippen LogP contribution in [0.3, 0.4) is 0 Å². The molecule has 1 aromatic carbocycles. The lowest BCUT2D eigenvalue weighted by atomic mass is 9.97. The molecule has 1 atom stereocenters. The lowest BCUT2D eigenvalue weighted by Gasteiger charge is -2.46. The molecule has 174 valence electrons. The van der Waals surface area contributed by atoms with Gasteiger partial charge in [0, 0.05) is 48.2 Å². The summed E-state index contributed by atoms with van der Waals surface area (Å²) in [6.45, 7) is 8.02. The van der Waals surface area contributed by atoms with Gasteiger partial charge in [-0.05, 0) is 56.5 Å². The SMILES string of the molecule is CCc1ccc(C(=O)N2CCN(C(=O)C3=NCCC(c4cccc(Cl)c4)C=N3)C(C)(C)C2)s1. The van der Waals surface area contributed by atoms with Crippen LogP contribution in [-0.4, -0.2) is 65.4 Å². The highest BCUT2D eigenvalue weighted by atomic mass is 35.5. The Morgan fingerprint density at radius 1 is 1.18 bits per heavy atom. The van der Waals surface area contributed by atoms with Gasteiger partial charge in [-0.1, -0.05) is 30.7 Å². The average Bonchev–Trinajstić information content (AvgIpc) is 3.14. The lowest BCUT2D eigenvalue weighted by Crippen LogP contribution is -2.63. The first-order chi connectivity index (χ1) is 15.8. The van der Waals surface area contributed by atoms with Crippen molar-refractivity contribution in [3.05, 3.63) is 56.7 Å². The summed E-state index contributed by atoms with van der Waals surface area (Å²) in [5.41, 5.74) is 0.550. The van der Waals surface area contributed by atoms with E-state index in [1.54, 1.807) is 16.2 Å². The van der Waals surface area contributed by atoms with Crippen molar-refractivity contribution in [2.24, 2.45) is 9.98 Å². The van der Waals surface area contributed by atoms with Gasteiger partial charge < -0.3 is 9.80 Å². The Hall–Kier alpha value is -2.51. The van der Waals surface area contributed by atoms with Gasteiger partial charge in [0.1, 0.15) is 0 Å². The number of benzene rings is 1. The average molecular weight is 485 g/mol. The Kier molecular flexibility index (Phi) is 7.00. The fourth-order valence-corrected chi connectivity index (χ4v) is 5.48. The van der Waals surface area contributed by atoms with Crippen LogP contribution < -0.4 is 0 Å². The van der Waals surface area contributed by atoms with Gasteiger partial charge in [0.25, 0.3) is 11.8 Å². The minimum atomic E-state index is -0.521. The van der Waals surface area contributed by atoms with E-state index in [-0.39, 0.29) is 23.6 Å². The number of aliphatic imine (C=N–C) groups is 2. The molecule has 0 aliphatic carbocycles. The number of hydrogen-bond acceptors (Lipinski definition) is 5. The number of amides is 2. The van der Waals surface area contributed by atoms with Crippen LogP contribution in [0.25, 0.3) is 0 Å². The molecule has 6 nitrogen and oxygen atoms in total. The molecular weight excluding hydrogens is 456 g/mol. The monoisotopic (exact) mass is 484 g/mol. The molecule has 4 rings (SSSR count). The molecule has 0 spiro atoms. The molecule has 1 fully saturated rings. The van der Waals surface area contributed by atoms with Crippen molar-refractivity contribution in [2.75, 3.05) is 26.2 Å². The van der Waals surface area contributed by atoms with Gasteiger partial charge in [-0.15, -0.1) is 11.3 Å². The van der Waals surface area contributed by atoms with Crippen LogP contribution in [0.2, 0.25) is 5.02 Å². The Balaban J connectivity index is 1.44. The number of hydrogen-bond donors (Lipinski definition) is 0. The predicted molar refractivity (Wildman–Crippen MR) is 135 cm³/mol. The van der Waals surface area contributed by atoms with Crippen molar-refractivity contribution in [1.82, 2.24) is 9.80 Å². The van der Waals surface area contributed by atoms with E-state index >= 15 is 0 Å². The first kappa shape index (κ1) is 23.6. The number of rotatable bonds is 4. The Labute approximate surface area is 204 Å². The van der Waals surface area contributed by atoms with Gasteiger partial charge in [0.05, 0.1) is 10.4 Å². The molecule has 0 N–H and O–H groups in total. The standard InChI is InChI=1S/C25H29ClN4O2S/c1-4-20-8-9-21(33-20)23(31)29-12-13-30(25(2,3)16-29)24(32)22-27-11-10-18(15-28-22)17-6-5-7-19(26)14-17/h5-9,14-15,18H,4,10-13,16H2,1-3H3. The molecule has 3 heterocycles. The molecule has 2 aliphatic rings. The van der Waals surface area contributed by atoms with Crippen LogP contribution in [-0.2, 0) is 11.2 Å². The number of thiophene rings is 1. The van der Waals surface area contributed by atoms with Crippen LogP contribution in [0.15, 0.2) is 46.4 Å². The number of nitrogens with zero attached hydrogens (tertiary/aromatic N) is 4. The maximum absolute atomic E-state index is 13.4. The number of piperazine rings is 1. The third kappa shape index (κ3) is 5.20. The van der Waals surface area contributed by atoms with Gasteiger partial charge in [0.2, 0.25) is 5.84 Å². The van der Waals surface area contributed by atoms with Crippen LogP contribution in [0.1, 0.15) is 53.2 Å². The van der Waals surface area contributed by atoms with E-state index in [1.165, 1.54) is 4.88 Å². The lowest BCUT2D eigenvalue weighted by molar-refractivity contribution is -0.132. The number of aryl methyl sites for hydroxylation is 1. The van der Waals surface area contributed by atoms with Crippen molar-refractivity contribution in [2.45, 2.75) is 45.1 Å². The molecular formula is C25H29ClN4O2S. The first-order valence-corrected chi connectivity index (χ1v) is 12.5. The Morgan fingerprint density at radius 2 is 2.00 bits per heavy atom. The van der Waals surface area contributed by atoms with E-state index in [0.717, 1.165) is 23.3 Å². The van der Waals surface area contributed by atoms with Gasteiger partial charge in [-0.2, -0.15) is 0 Å². The Morgan fingerprint density at radius 3 is 2.70 bits per heavy atom. The van der Waals surface area contributed by atoms with Crippen molar-refractivity contribution < 1.29 is 9.59 Å². The third-order valence-electron chi connectivity index (χ3n) is 6.20. The van der Waals surface area contributed by atoms with Crippen LogP contribution >= 0.6 is 22.9 Å². The molecule has 0 saturated carbocycles. The predicted octanol–water partition coefficient (Wildman–Crippen LogP) is 4.68. The fourth-order valence-electron chi connectivity index (χ4n) is 4.36. The highest BCUT2D eigenvalue weighted by molar-refractivity contribution is 7.14. The van der Waals surface area contributed by atoms with Gasteiger partial charge in [-0.25, -0.2) is 4.99 Å². The quantitative estimate of drug-likeness (QED) is 0.632. The smallest absolute Gasteiger partial charge is 0.291 e. The maximum Gasteiger partial charge on any atom is 0.291 e. The molecule has 8 heteroatoms. The molecule has 0 bridgehead atoms. The number of carbonyl (C=O) groups excluding carboxylic acids is 2. The van der Waals surface area contributed by atoms with Crippen LogP contribution in [0.5, 0.6) is 0 Å². The second kappa shape index (κ2) is 9.77. The summed E-state index contributed by atoms with van der Waals surface area (Å²) in [7, 11) is 0. The largest absolute Gasteiger partial charge is 0.334 e. The molecule has 2 aliphatic heterocycles. The number of amidine groups is 1. The summed E-state index contributed by atoms with van der Waals surface area (Å²) >= 11 is 7.69. The highest BCUT2D eigenvalue weighted by Crippen LogP contribution is 2.27. The fraction of sp³-hybridized carbons (Fsp3) is 0.440.